The Morgan fingerprint density at radius 1 is 1.03 bits per heavy atom. The number of carbonyl (C=O) groups excluding carboxylic acids is 1. The molecule has 6 nitrogen and oxygen atoms in total. The zero-order valence-corrected chi connectivity index (χ0v) is 20.1. The lowest BCUT2D eigenvalue weighted by atomic mass is 10.1. The Morgan fingerprint density at radius 3 is 2.39 bits per heavy atom. The van der Waals surface area contributed by atoms with Gasteiger partial charge in [-0.3, -0.25) is 4.79 Å². The summed E-state index contributed by atoms with van der Waals surface area (Å²) >= 11 is 6.18. The molecule has 0 bridgehead atoms. The van der Waals surface area contributed by atoms with E-state index in [2.05, 4.69) is 10.0 Å². The molecule has 0 aliphatic carbocycles. The van der Waals surface area contributed by atoms with Gasteiger partial charge in [0, 0.05) is 11.6 Å². The molecule has 3 aromatic rings. The monoisotopic (exact) mass is 486 g/mol. The standard InChI is InChI=1S/C25H27ClN2O4S/c1-3-32-24-14-13-21(15-18(24)2)33(30,31)28-23(16-19-9-5-4-6-10-19)25(29)27-17-20-11-7-8-12-22(20)26/h4-15,23,28H,3,16-17H2,1-2H3,(H,27,29)/t23-/m1/s1. The quantitative estimate of drug-likeness (QED) is 0.448. The maximum Gasteiger partial charge on any atom is 0.241 e. The summed E-state index contributed by atoms with van der Waals surface area (Å²) in [5, 5.41) is 3.33. The topological polar surface area (TPSA) is 84.5 Å². The summed E-state index contributed by atoms with van der Waals surface area (Å²) in [4.78, 5) is 13.1. The van der Waals surface area contributed by atoms with Gasteiger partial charge in [0.1, 0.15) is 11.8 Å². The molecule has 0 aliphatic rings. The Bertz CT molecular complexity index is 1200. The molecule has 0 heterocycles. The third-order valence-electron chi connectivity index (χ3n) is 5.06. The van der Waals surface area contributed by atoms with Gasteiger partial charge in [0.15, 0.2) is 0 Å². The maximum atomic E-state index is 13.1. The summed E-state index contributed by atoms with van der Waals surface area (Å²) in [6, 6.07) is 20.1. The minimum Gasteiger partial charge on any atom is -0.494 e. The number of ether oxygens (including phenoxy) is 1. The highest BCUT2D eigenvalue weighted by Gasteiger charge is 2.26. The normalized spacial score (nSPS) is 12.2. The van der Waals surface area contributed by atoms with Crippen LogP contribution >= 0.6 is 11.6 Å². The molecule has 0 unspecified atom stereocenters. The zero-order chi connectivity index (χ0) is 23.8. The molecule has 33 heavy (non-hydrogen) atoms. The number of hydrogen-bond donors (Lipinski definition) is 2. The van der Waals surface area contributed by atoms with Crippen LogP contribution < -0.4 is 14.8 Å². The summed E-state index contributed by atoms with van der Waals surface area (Å²) in [5.41, 5.74) is 2.28. The predicted molar refractivity (Wildman–Crippen MR) is 130 cm³/mol. The Hall–Kier alpha value is -2.87. The molecule has 0 saturated heterocycles. The lowest BCUT2D eigenvalue weighted by Crippen LogP contribution is -2.47. The Labute approximate surface area is 200 Å². The zero-order valence-electron chi connectivity index (χ0n) is 18.5. The van der Waals surface area contributed by atoms with Crippen LogP contribution in [0.5, 0.6) is 5.75 Å². The Morgan fingerprint density at radius 2 is 1.73 bits per heavy atom. The maximum absolute atomic E-state index is 13.1. The first-order valence-corrected chi connectivity index (χ1v) is 12.5. The molecular formula is C25H27ClN2O4S. The lowest BCUT2D eigenvalue weighted by Gasteiger charge is -2.19. The molecule has 8 heteroatoms. The molecule has 0 aliphatic heterocycles. The summed E-state index contributed by atoms with van der Waals surface area (Å²) in [6.07, 6.45) is 0.199. The second kappa shape index (κ2) is 11.3. The van der Waals surface area contributed by atoms with Gasteiger partial charge in [0.25, 0.3) is 0 Å². The van der Waals surface area contributed by atoms with Crippen molar-refractivity contribution in [2.75, 3.05) is 6.61 Å². The van der Waals surface area contributed by atoms with Crippen molar-refractivity contribution < 1.29 is 17.9 Å². The predicted octanol–water partition coefficient (Wildman–Crippen LogP) is 4.25. The Kier molecular flexibility index (Phi) is 8.49. The number of hydrogen-bond acceptors (Lipinski definition) is 4. The molecule has 1 amide bonds. The van der Waals surface area contributed by atoms with E-state index < -0.39 is 22.0 Å². The fourth-order valence-corrected chi connectivity index (χ4v) is 4.83. The number of rotatable bonds is 10. The molecule has 0 radical (unpaired) electrons. The van der Waals surface area contributed by atoms with E-state index in [4.69, 9.17) is 16.3 Å². The molecule has 2 N–H and O–H groups in total. The van der Waals surface area contributed by atoms with Crippen LogP contribution in [-0.4, -0.2) is 27.0 Å². The van der Waals surface area contributed by atoms with E-state index in [0.717, 1.165) is 11.1 Å². The van der Waals surface area contributed by atoms with E-state index in [-0.39, 0.29) is 17.9 Å². The molecule has 174 valence electrons. The number of halogens is 1. The molecule has 3 aromatic carbocycles. The van der Waals surface area contributed by atoms with Gasteiger partial charge in [0.05, 0.1) is 11.5 Å². The van der Waals surface area contributed by atoms with Gasteiger partial charge in [-0.1, -0.05) is 60.1 Å². The van der Waals surface area contributed by atoms with Gasteiger partial charge < -0.3 is 10.1 Å². The van der Waals surface area contributed by atoms with Crippen LogP contribution in [0, 0.1) is 6.92 Å². The highest BCUT2D eigenvalue weighted by atomic mass is 35.5. The van der Waals surface area contributed by atoms with Crippen LogP contribution in [0.3, 0.4) is 0 Å². The smallest absolute Gasteiger partial charge is 0.241 e. The third-order valence-corrected chi connectivity index (χ3v) is 6.90. The first-order chi connectivity index (χ1) is 15.8. The number of benzene rings is 3. The van der Waals surface area contributed by atoms with Crippen LogP contribution in [0.15, 0.2) is 77.7 Å². The summed E-state index contributed by atoms with van der Waals surface area (Å²) < 4.78 is 34.3. The van der Waals surface area contributed by atoms with Crippen LogP contribution in [-0.2, 0) is 27.8 Å². The van der Waals surface area contributed by atoms with Gasteiger partial charge in [-0.15, -0.1) is 0 Å². The molecule has 0 aromatic heterocycles. The fraction of sp³-hybridized carbons (Fsp3) is 0.240. The average molecular weight is 487 g/mol. The van der Waals surface area contributed by atoms with Crippen molar-refractivity contribution in [1.82, 2.24) is 10.0 Å². The number of carbonyl (C=O) groups is 1. The van der Waals surface area contributed by atoms with E-state index >= 15 is 0 Å². The highest BCUT2D eigenvalue weighted by molar-refractivity contribution is 7.89. The fourth-order valence-electron chi connectivity index (χ4n) is 3.35. The first kappa shape index (κ1) is 24.8. The molecule has 3 rings (SSSR count). The van der Waals surface area contributed by atoms with Gasteiger partial charge >= 0.3 is 0 Å². The molecule has 0 spiro atoms. The largest absolute Gasteiger partial charge is 0.494 e. The number of sulfonamides is 1. The van der Waals surface area contributed by atoms with Gasteiger partial charge in [0.2, 0.25) is 15.9 Å². The number of aryl methyl sites for hydroxylation is 1. The molecule has 0 fully saturated rings. The summed E-state index contributed by atoms with van der Waals surface area (Å²) in [6.45, 7) is 4.31. The minimum absolute atomic E-state index is 0.0698. The van der Waals surface area contributed by atoms with Crippen molar-refractivity contribution in [3.63, 3.8) is 0 Å². The average Bonchev–Trinajstić information content (AvgIpc) is 2.80. The second-order valence-electron chi connectivity index (χ2n) is 7.53. The lowest BCUT2D eigenvalue weighted by molar-refractivity contribution is -0.122. The molecular weight excluding hydrogens is 460 g/mol. The third kappa shape index (κ3) is 6.81. The van der Waals surface area contributed by atoms with Crippen LogP contribution in [0.1, 0.15) is 23.6 Å². The van der Waals surface area contributed by atoms with Crippen molar-refractivity contribution in [1.29, 1.82) is 0 Å². The number of nitrogens with one attached hydrogen (secondary N) is 2. The summed E-state index contributed by atoms with van der Waals surface area (Å²) in [7, 11) is -3.96. The van der Waals surface area contributed by atoms with Crippen molar-refractivity contribution in [2.45, 2.75) is 37.8 Å². The van der Waals surface area contributed by atoms with Crippen molar-refractivity contribution in [3.8, 4) is 5.75 Å². The van der Waals surface area contributed by atoms with E-state index in [9.17, 15) is 13.2 Å². The van der Waals surface area contributed by atoms with E-state index in [1.54, 1.807) is 25.1 Å². The second-order valence-corrected chi connectivity index (χ2v) is 9.65. The number of amides is 1. The highest BCUT2D eigenvalue weighted by Crippen LogP contribution is 2.22. The van der Waals surface area contributed by atoms with Crippen LogP contribution in [0.4, 0.5) is 0 Å². The van der Waals surface area contributed by atoms with Gasteiger partial charge in [-0.2, -0.15) is 4.72 Å². The van der Waals surface area contributed by atoms with E-state index in [1.165, 1.54) is 12.1 Å². The minimum atomic E-state index is -3.96. The van der Waals surface area contributed by atoms with E-state index in [0.29, 0.717) is 22.9 Å². The van der Waals surface area contributed by atoms with Gasteiger partial charge in [-0.25, -0.2) is 8.42 Å². The van der Waals surface area contributed by atoms with Crippen LogP contribution in [0.2, 0.25) is 5.02 Å². The van der Waals surface area contributed by atoms with Crippen molar-refractivity contribution >= 4 is 27.5 Å². The van der Waals surface area contributed by atoms with Crippen LogP contribution in [0.25, 0.3) is 0 Å². The van der Waals surface area contributed by atoms with Gasteiger partial charge in [-0.05, 0) is 61.2 Å². The molecule has 1 atom stereocenters. The first-order valence-electron chi connectivity index (χ1n) is 10.6. The van der Waals surface area contributed by atoms with Crippen molar-refractivity contribution in [3.05, 3.63) is 94.5 Å². The molecule has 0 saturated carbocycles. The Balaban J connectivity index is 1.82. The van der Waals surface area contributed by atoms with E-state index in [1.807, 2.05) is 49.4 Å². The summed E-state index contributed by atoms with van der Waals surface area (Å²) in [5.74, 6) is 0.180. The SMILES string of the molecule is CCOc1ccc(S(=O)(=O)N[C@H](Cc2ccccc2)C(=O)NCc2ccccc2Cl)cc1C. The van der Waals surface area contributed by atoms with Crippen molar-refractivity contribution in [2.24, 2.45) is 0 Å².